The minimum Gasteiger partial charge on any atom is -0.478 e. The molecular weight excluding hydrogens is 290 g/mol. The van der Waals surface area contributed by atoms with E-state index in [0.29, 0.717) is 5.56 Å². The Hall–Kier alpha value is -1.07. The van der Waals surface area contributed by atoms with Crippen LogP contribution in [0.2, 0.25) is 0 Å². The zero-order valence-corrected chi connectivity index (χ0v) is 10.8. The molecule has 5 heteroatoms. The van der Waals surface area contributed by atoms with Crippen LogP contribution in [0.1, 0.15) is 15.2 Å². The van der Waals surface area contributed by atoms with Crippen LogP contribution in [0.15, 0.2) is 34.4 Å². The average Bonchev–Trinajstić information content (AvgIpc) is 2.84. The van der Waals surface area contributed by atoms with Gasteiger partial charge in [0.2, 0.25) is 0 Å². The lowest BCUT2D eigenvalue weighted by atomic mass is 10.3. The van der Waals surface area contributed by atoms with Gasteiger partial charge in [0.15, 0.2) is 0 Å². The summed E-state index contributed by atoms with van der Waals surface area (Å²) in [7, 11) is 0. The Morgan fingerprint density at radius 1 is 1.56 bits per heavy atom. The van der Waals surface area contributed by atoms with Crippen molar-refractivity contribution in [3.05, 3.63) is 44.8 Å². The average molecular weight is 300 g/mol. The van der Waals surface area contributed by atoms with Crippen molar-refractivity contribution in [2.75, 3.05) is 0 Å². The highest BCUT2D eigenvalue weighted by Crippen LogP contribution is 2.17. The molecule has 0 amide bonds. The van der Waals surface area contributed by atoms with E-state index >= 15 is 0 Å². The van der Waals surface area contributed by atoms with Crippen molar-refractivity contribution in [1.82, 2.24) is 4.57 Å². The standard InChI is InChI=1S/C11H10BrNO2S/c12-10-6-8(11(14)15)7-13(10)4-3-9-2-1-5-16-9/h1-2,5-7H,3-4H2,(H,14,15). The first-order valence-corrected chi connectivity index (χ1v) is 6.45. The fourth-order valence-electron chi connectivity index (χ4n) is 1.45. The maximum Gasteiger partial charge on any atom is 0.337 e. The van der Waals surface area contributed by atoms with Gasteiger partial charge in [-0.25, -0.2) is 4.79 Å². The van der Waals surface area contributed by atoms with Gasteiger partial charge < -0.3 is 9.67 Å². The van der Waals surface area contributed by atoms with Gasteiger partial charge in [0.25, 0.3) is 0 Å². The van der Waals surface area contributed by atoms with E-state index in [9.17, 15) is 4.79 Å². The fraction of sp³-hybridized carbons (Fsp3) is 0.182. The summed E-state index contributed by atoms with van der Waals surface area (Å²) in [6.45, 7) is 0.786. The minimum atomic E-state index is -0.893. The van der Waals surface area contributed by atoms with Crippen LogP contribution < -0.4 is 0 Å². The summed E-state index contributed by atoms with van der Waals surface area (Å²) >= 11 is 5.07. The Morgan fingerprint density at radius 2 is 2.38 bits per heavy atom. The van der Waals surface area contributed by atoms with Gasteiger partial charge in [-0.15, -0.1) is 11.3 Å². The first-order chi connectivity index (χ1) is 7.66. The van der Waals surface area contributed by atoms with Crippen molar-refractivity contribution in [1.29, 1.82) is 0 Å². The van der Waals surface area contributed by atoms with Gasteiger partial charge in [0.1, 0.15) is 0 Å². The first-order valence-electron chi connectivity index (χ1n) is 4.78. The van der Waals surface area contributed by atoms with Crippen LogP contribution in [0.5, 0.6) is 0 Å². The van der Waals surface area contributed by atoms with Gasteiger partial charge in [-0.05, 0) is 39.9 Å². The lowest BCUT2D eigenvalue weighted by Crippen LogP contribution is -1.99. The third-order valence-corrected chi connectivity index (χ3v) is 3.89. The molecule has 0 aliphatic heterocycles. The number of carbonyl (C=O) groups is 1. The number of nitrogens with zero attached hydrogens (tertiary/aromatic N) is 1. The molecule has 0 radical (unpaired) electrons. The third-order valence-electron chi connectivity index (χ3n) is 2.27. The smallest absolute Gasteiger partial charge is 0.337 e. The molecule has 84 valence electrons. The molecule has 3 nitrogen and oxygen atoms in total. The number of aryl methyl sites for hydroxylation is 2. The van der Waals surface area contributed by atoms with Gasteiger partial charge >= 0.3 is 5.97 Å². The summed E-state index contributed by atoms with van der Waals surface area (Å²) in [5, 5.41) is 10.9. The number of hydrogen-bond acceptors (Lipinski definition) is 2. The number of rotatable bonds is 4. The maximum absolute atomic E-state index is 10.8. The number of halogens is 1. The molecule has 2 aromatic rings. The van der Waals surface area contributed by atoms with Crippen LogP contribution >= 0.6 is 27.3 Å². The summed E-state index contributed by atoms with van der Waals surface area (Å²) in [5.74, 6) is -0.893. The molecule has 0 saturated heterocycles. The van der Waals surface area contributed by atoms with E-state index in [0.717, 1.165) is 17.6 Å². The predicted octanol–water partition coefficient (Wildman–Crippen LogP) is 3.25. The third kappa shape index (κ3) is 2.54. The molecule has 0 bridgehead atoms. The highest BCUT2D eigenvalue weighted by molar-refractivity contribution is 9.10. The Morgan fingerprint density at radius 3 is 2.94 bits per heavy atom. The van der Waals surface area contributed by atoms with Crippen LogP contribution in [-0.2, 0) is 13.0 Å². The van der Waals surface area contributed by atoms with Crippen LogP contribution in [0.4, 0.5) is 0 Å². The molecule has 0 fully saturated rings. The maximum atomic E-state index is 10.8. The summed E-state index contributed by atoms with van der Waals surface area (Å²) in [6, 6.07) is 5.73. The topological polar surface area (TPSA) is 42.2 Å². The second-order valence-corrected chi connectivity index (χ2v) is 5.22. The SMILES string of the molecule is O=C(O)c1cc(Br)n(CCc2cccs2)c1. The zero-order valence-electron chi connectivity index (χ0n) is 8.39. The second-order valence-electron chi connectivity index (χ2n) is 3.38. The molecule has 1 N–H and O–H groups in total. The second kappa shape index (κ2) is 4.84. The van der Waals surface area contributed by atoms with Crippen molar-refractivity contribution in [3.8, 4) is 0 Å². The quantitative estimate of drug-likeness (QED) is 0.941. The molecule has 0 atom stereocenters. The van der Waals surface area contributed by atoms with E-state index in [1.807, 2.05) is 16.0 Å². The van der Waals surface area contributed by atoms with Crippen molar-refractivity contribution in [3.63, 3.8) is 0 Å². The highest BCUT2D eigenvalue weighted by atomic mass is 79.9. The Bertz CT molecular complexity index is 490. The first kappa shape index (κ1) is 11.4. The van der Waals surface area contributed by atoms with Crippen molar-refractivity contribution < 1.29 is 9.90 Å². The van der Waals surface area contributed by atoms with E-state index < -0.39 is 5.97 Å². The molecule has 0 saturated carbocycles. The van der Waals surface area contributed by atoms with Crippen LogP contribution in [0.25, 0.3) is 0 Å². The van der Waals surface area contributed by atoms with Gasteiger partial charge in [-0.3, -0.25) is 0 Å². The number of aromatic nitrogens is 1. The summed E-state index contributed by atoms with van der Waals surface area (Å²) in [4.78, 5) is 12.1. The van der Waals surface area contributed by atoms with E-state index in [1.54, 1.807) is 23.6 Å². The molecule has 0 aliphatic rings. The molecule has 2 aromatic heterocycles. The molecular formula is C11H10BrNO2S. The van der Waals surface area contributed by atoms with Gasteiger partial charge in [0, 0.05) is 17.6 Å². The Labute approximate surface area is 105 Å². The minimum absolute atomic E-state index is 0.318. The van der Waals surface area contributed by atoms with Gasteiger partial charge in [0.05, 0.1) is 10.2 Å². The monoisotopic (exact) mass is 299 g/mol. The summed E-state index contributed by atoms with van der Waals surface area (Å²) in [6.07, 6.45) is 2.57. The van der Waals surface area contributed by atoms with Gasteiger partial charge in [-0.1, -0.05) is 6.07 Å². The highest BCUT2D eigenvalue weighted by Gasteiger charge is 2.09. The lowest BCUT2D eigenvalue weighted by molar-refractivity contribution is 0.0697. The van der Waals surface area contributed by atoms with Crippen molar-refractivity contribution >= 4 is 33.2 Å². The Balaban J connectivity index is 2.07. The van der Waals surface area contributed by atoms with E-state index in [4.69, 9.17) is 5.11 Å². The molecule has 2 rings (SSSR count). The van der Waals surface area contributed by atoms with E-state index in [2.05, 4.69) is 22.0 Å². The van der Waals surface area contributed by atoms with Crippen molar-refractivity contribution in [2.45, 2.75) is 13.0 Å². The number of carboxylic acid groups (broad SMARTS) is 1. The molecule has 2 heterocycles. The number of thiophene rings is 1. The molecule has 0 aromatic carbocycles. The fourth-order valence-corrected chi connectivity index (χ4v) is 2.68. The normalized spacial score (nSPS) is 10.6. The van der Waals surface area contributed by atoms with Crippen LogP contribution in [0, 0.1) is 0 Å². The largest absolute Gasteiger partial charge is 0.478 e. The number of hydrogen-bond donors (Lipinski definition) is 1. The molecule has 0 aliphatic carbocycles. The zero-order chi connectivity index (χ0) is 11.5. The molecule has 0 spiro atoms. The van der Waals surface area contributed by atoms with E-state index in [-0.39, 0.29) is 0 Å². The molecule has 16 heavy (non-hydrogen) atoms. The van der Waals surface area contributed by atoms with Crippen LogP contribution in [-0.4, -0.2) is 15.6 Å². The lowest BCUT2D eigenvalue weighted by Gasteiger charge is -2.02. The summed E-state index contributed by atoms with van der Waals surface area (Å²) < 4.78 is 2.71. The predicted molar refractivity (Wildman–Crippen MR) is 67.1 cm³/mol. The van der Waals surface area contributed by atoms with E-state index in [1.165, 1.54) is 4.88 Å². The molecule has 0 unspecified atom stereocenters. The Kier molecular flexibility index (Phi) is 3.46. The number of aromatic carboxylic acids is 1. The van der Waals surface area contributed by atoms with Gasteiger partial charge in [-0.2, -0.15) is 0 Å². The van der Waals surface area contributed by atoms with Crippen molar-refractivity contribution in [2.24, 2.45) is 0 Å². The number of carboxylic acids is 1. The van der Waals surface area contributed by atoms with Crippen LogP contribution in [0.3, 0.4) is 0 Å². The summed E-state index contributed by atoms with van der Waals surface area (Å²) in [5.41, 5.74) is 0.318.